The Morgan fingerprint density at radius 2 is 2.16 bits per heavy atom. The first-order valence-electron chi connectivity index (χ1n) is 5.72. The molecule has 1 heterocycles. The molecular weight excluding hydrogens is 313 g/mol. The SMILES string of the molecule is Cc1occc1CN(C)C(=O)c1ccc(F)c(Br)c1. The Hall–Kier alpha value is -1.62. The van der Waals surface area contributed by atoms with E-state index in [1.54, 1.807) is 18.2 Å². The van der Waals surface area contributed by atoms with E-state index in [9.17, 15) is 9.18 Å². The third-order valence-corrected chi connectivity index (χ3v) is 3.49. The summed E-state index contributed by atoms with van der Waals surface area (Å²) < 4.78 is 18.6. The minimum Gasteiger partial charge on any atom is -0.469 e. The highest BCUT2D eigenvalue weighted by molar-refractivity contribution is 9.10. The number of aryl methyl sites for hydroxylation is 1. The van der Waals surface area contributed by atoms with Gasteiger partial charge in [-0.15, -0.1) is 0 Å². The number of halogens is 2. The van der Waals surface area contributed by atoms with Gasteiger partial charge in [0.15, 0.2) is 0 Å². The first-order chi connectivity index (χ1) is 8.99. The van der Waals surface area contributed by atoms with Gasteiger partial charge >= 0.3 is 0 Å². The molecule has 0 N–H and O–H groups in total. The summed E-state index contributed by atoms with van der Waals surface area (Å²) in [6, 6.07) is 6.06. The van der Waals surface area contributed by atoms with Crippen molar-refractivity contribution < 1.29 is 13.6 Å². The van der Waals surface area contributed by atoms with Crippen LogP contribution in [0.15, 0.2) is 39.4 Å². The summed E-state index contributed by atoms with van der Waals surface area (Å²) >= 11 is 3.07. The fourth-order valence-electron chi connectivity index (χ4n) is 1.75. The zero-order chi connectivity index (χ0) is 14.0. The largest absolute Gasteiger partial charge is 0.469 e. The maximum absolute atomic E-state index is 13.1. The molecule has 100 valence electrons. The summed E-state index contributed by atoms with van der Waals surface area (Å²) in [5.41, 5.74) is 1.40. The van der Waals surface area contributed by atoms with Gasteiger partial charge in [-0.3, -0.25) is 4.79 Å². The topological polar surface area (TPSA) is 33.5 Å². The maximum atomic E-state index is 13.1. The van der Waals surface area contributed by atoms with Gasteiger partial charge in [-0.1, -0.05) is 0 Å². The second-order valence-electron chi connectivity index (χ2n) is 4.29. The van der Waals surface area contributed by atoms with Gasteiger partial charge in [-0.25, -0.2) is 4.39 Å². The summed E-state index contributed by atoms with van der Waals surface area (Å²) in [4.78, 5) is 13.8. The van der Waals surface area contributed by atoms with E-state index >= 15 is 0 Å². The summed E-state index contributed by atoms with van der Waals surface area (Å²) in [5.74, 6) is 0.242. The van der Waals surface area contributed by atoms with E-state index in [4.69, 9.17) is 4.42 Å². The van der Waals surface area contributed by atoms with Gasteiger partial charge in [0.05, 0.1) is 10.7 Å². The molecule has 3 nitrogen and oxygen atoms in total. The fraction of sp³-hybridized carbons (Fsp3) is 0.214. The van der Waals surface area contributed by atoms with Crippen LogP contribution >= 0.6 is 15.9 Å². The van der Waals surface area contributed by atoms with E-state index in [-0.39, 0.29) is 16.2 Å². The molecule has 1 aromatic carbocycles. The lowest BCUT2D eigenvalue weighted by Gasteiger charge is -2.17. The zero-order valence-corrected chi connectivity index (χ0v) is 12.2. The van der Waals surface area contributed by atoms with E-state index in [0.717, 1.165) is 11.3 Å². The third-order valence-electron chi connectivity index (χ3n) is 2.89. The summed E-state index contributed by atoms with van der Waals surface area (Å²) in [7, 11) is 1.70. The Kier molecular flexibility index (Phi) is 4.04. The van der Waals surface area contributed by atoms with E-state index in [1.807, 2.05) is 13.0 Å². The van der Waals surface area contributed by atoms with Crippen LogP contribution in [-0.4, -0.2) is 17.9 Å². The molecule has 0 aliphatic carbocycles. The zero-order valence-electron chi connectivity index (χ0n) is 10.6. The first kappa shape index (κ1) is 13.8. The average molecular weight is 326 g/mol. The number of carbonyl (C=O) groups excluding carboxylic acids is 1. The van der Waals surface area contributed by atoms with Crippen molar-refractivity contribution >= 4 is 21.8 Å². The van der Waals surface area contributed by atoms with Crippen molar-refractivity contribution in [1.82, 2.24) is 4.90 Å². The smallest absolute Gasteiger partial charge is 0.253 e. The average Bonchev–Trinajstić information content (AvgIpc) is 2.77. The van der Waals surface area contributed by atoms with E-state index in [1.165, 1.54) is 18.2 Å². The lowest BCUT2D eigenvalue weighted by molar-refractivity contribution is 0.0784. The summed E-state index contributed by atoms with van der Waals surface area (Å²) in [6.45, 7) is 2.30. The van der Waals surface area contributed by atoms with Crippen LogP contribution in [0.2, 0.25) is 0 Å². The van der Waals surface area contributed by atoms with Crippen LogP contribution in [-0.2, 0) is 6.54 Å². The molecule has 0 saturated heterocycles. The Balaban J connectivity index is 2.15. The predicted molar refractivity (Wildman–Crippen MR) is 73.3 cm³/mol. The molecule has 0 atom stereocenters. The van der Waals surface area contributed by atoms with Crippen molar-refractivity contribution in [3.05, 3.63) is 57.7 Å². The molecule has 2 aromatic rings. The van der Waals surface area contributed by atoms with Crippen molar-refractivity contribution in [2.75, 3.05) is 7.05 Å². The molecule has 0 aliphatic heterocycles. The monoisotopic (exact) mass is 325 g/mol. The Labute approximate surface area is 119 Å². The van der Waals surface area contributed by atoms with Crippen LogP contribution in [0.5, 0.6) is 0 Å². The molecule has 0 spiro atoms. The third kappa shape index (κ3) is 3.04. The number of amides is 1. The lowest BCUT2D eigenvalue weighted by Crippen LogP contribution is -2.26. The van der Waals surface area contributed by atoms with Crippen molar-refractivity contribution in [2.45, 2.75) is 13.5 Å². The molecule has 0 aliphatic rings. The molecule has 1 amide bonds. The van der Waals surface area contributed by atoms with Crippen LogP contribution in [0, 0.1) is 12.7 Å². The number of furan rings is 1. The van der Waals surface area contributed by atoms with Gasteiger partial charge in [0.1, 0.15) is 11.6 Å². The van der Waals surface area contributed by atoms with E-state index < -0.39 is 0 Å². The Morgan fingerprint density at radius 3 is 2.74 bits per heavy atom. The molecule has 1 aromatic heterocycles. The van der Waals surface area contributed by atoms with Gasteiger partial charge < -0.3 is 9.32 Å². The molecule has 2 rings (SSSR count). The number of hydrogen-bond donors (Lipinski definition) is 0. The molecule has 0 bridgehead atoms. The molecule has 0 unspecified atom stereocenters. The number of nitrogens with zero attached hydrogens (tertiary/aromatic N) is 1. The van der Waals surface area contributed by atoms with E-state index in [0.29, 0.717) is 12.1 Å². The van der Waals surface area contributed by atoms with Crippen LogP contribution in [0.1, 0.15) is 21.7 Å². The number of benzene rings is 1. The van der Waals surface area contributed by atoms with Gasteiger partial charge in [0, 0.05) is 24.7 Å². The van der Waals surface area contributed by atoms with Crippen LogP contribution in [0.3, 0.4) is 0 Å². The molecule has 0 radical (unpaired) electrons. The van der Waals surface area contributed by atoms with Crippen LogP contribution in [0.25, 0.3) is 0 Å². The fourth-order valence-corrected chi connectivity index (χ4v) is 2.13. The quantitative estimate of drug-likeness (QED) is 0.860. The minimum absolute atomic E-state index is 0.165. The maximum Gasteiger partial charge on any atom is 0.253 e. The Morgan fingerprint density at radius 1 is 1.42 bits per heavy atom. The predicted octanol–water partition coefficient (Wildman–Crippen LogP) is 3.76. The van der Waals surface area contributed by atoms with Crippen molar-refractivity contribution in [3.63, 3.8) is 0 Å². The summed E-state index contributed by atoms with van der Waals surface area (Å²) in [6.07, 6.45) is 1.59. The van der Waals surface area contributed by atoms with E-state index in [2.05, 4.69) is 15.9 Å². The highest BCUT2D eigenvalue weighted by atomic mass is 79.9. The summed E-state index contributed by atoms with van der Waals surface area (Å²) in [5, 5.41) is 0. The van der Waals surface area contributed by atoms with Crippen molar-refractivity contribution in [3.8, 4) is 0 Å². The first-order valence-corrected chi connectivity index (χ1v) is 6.52. The second kappa shape index (κ2) is 5.57. The number of hydrogen-bond acceptors (Lipinski definition) is 2. The van der Waals surface area contributed by atoms with Gasteiger partial charge in [-0.2, -0.15) is 0 Å². The molecule has 0 fully saturated rings. The molecular formula is C14H13BrFNO2. The number of carbonyl (C=O) groups is 1. The highest BCUT2D eigenvalue weighted by Gasteiger charge is 2.15. The molecule has 5 heteroatoms. The Bertz CT molecular complexity index is 609. The standard InChI is InChI=1S/C14H13BrFNO2/c1-9-11(5-6-19-9)8-17(2)14(18)10-3-4-13(16)12(15)7-10/h3-7H,8H2,1-2H3. The molecule has 0 saturated carbocycles. The van der Waals surface area contributed by atoms with Crippen molar-refractivity contribution in [1.29, 1.82) is 0 Å². The van der Waals surface area contributed by atoms with Gasteiger partial charge in [0.2, 0.25) is 0 Å². The molecule has 19 heavy (non-hydrogen) atoms. The lowest BCUT2D eigenvalue weighted by atomic mass is 10.2. The van der Waals surface area contributed by atoms with Crippen molar-refractivity contribution in [2.24, 2.45) is 0 Å². The highest BCUT2D eigenvalue weighted by Crippen LogP contribution is 2.19. The van der Waals surface area contributed by atoms with Crippen LogP contribution < -0.4 is 0 Å². The normalized spacial score (nSPS) is 10.5. The van der Waals surface area contributed by atoms with Crippen LogP contribution in [0.4, 0.5) is 4.39 Å². The van der Waals surface area contributed by atoms with Gasteiger partial charge in [0.25, 0.3) is 5.91 Å². The number of rotatable bonds is 3. The second-order valence-corrected chi connectivity index (χ2v) is 5.15. The minimum atomic E-state index is -0.384. The van der Waals surface area contributed by atoms with Gasteiger partial charge in [-0.05, 0) is 47.1 Å².